The van der Waals surface area contributed by atoms with Crippen molar-refractivity contribution in [3.63, 3.8) is 0 Å². The summed E-state index contributed by atoms with van der Waals surface area (Å²) in [7, 11) is 0. The first-order valence-electron chi connectivity index (χ1n) is 9.62. The predicted octanol–water partition coefficient (Wildman–Crippen LogP) is 4.97. The fraction of sp³-hybridized carbons (Fsp3) is 0.217. The normalized spacial score (nSPS) is 12.5. The van der Waals surface area contributed by atoms with Crippen LogP contribution < -0.4 is 20.1 Å². The number of benzene rings is 2. The molecule has 1 aliphatic heterocycles. The molecule has 1 amide bonds. The van der Waals surface area contributed by atoms with Crippen molar-refractivity contribution < 1.29 is 14.3 Å². The number of pyridine rings is 1. The van der Waals surface area contributed by atoms with Crippen LogP contribution >= 0.6 is 0 Å². The molecule has 0 atom stereocenters. The largest absolute Gasteiger partial charge is 0.486 e. The summed E-state index contributed by atoms with van der Waals surface area (Å²) in [5.41, 5.74) is 3.33. The molecule has 0 fully saturated rings. The van der Waals surface area contributed by atoms with Gasteiger partial charge in [0.25, 0.3) is 5.91 Å². The molecule has 148 valence electrons. The Labute approximate surface area is 169 Å². The van der Waals surface area contributed by atoms with E-state index in [2.05, 4.69) is 29.5 Å². The molecule has 0 radical (unpaired) electrons. The van der Waals surface area contributed by atoms with Crippen LogP contribution in [0.2, 0.25) is 0 Å². The minimum Gasteiger partial charge on any atom is -0.486 e. The Balaban J connectivity index is 1.40. The second kappa shape index (κ2) is 8.22. The molecule has 4 rings (SSSR count). The number of carbonyl (C=O) groups excluding carboxylic acids is 1. The van der Waals surface area contributed by atoms with Gasteiger partial charge in [0.1, 0.15) is 19.0 Å². The lowest BCUT2D eigenvalue weighted by atomic mass is 10.0. The Kier molecular flexibility index (Phi) is 5.33. The summed E-state index contributed by atoms with van der Waals surface area (Å²) >= 11 is 0. The summed E-state index contributed by atoms with van der Waals surface area (Å²) in [6.45, 7) is 5.38. The van der Waals surface area contributed by atoms with Gasteiger partial charge in [0.05, 0.1) is 5.56 Å². The average Bonchev–Trinajstić information content (AvgIpc) is 2.74. The molecule has 29 heavy (non-hydrogen) atoms. The number of amides is 1. The van der Waals surface area contributed by atoms with Crippen LogP contribution in [0.1, 0.15) is 35.7 Å². The molecule has 3 aromatic rings. The predicted molar refractivity (Wildman–Crippen MR) is 113 cm³/mol. The van der Waals surface area contributed by atoms with Crippen molar-refractivity contribution in [2.24, 2.45) is 0 Å². The van der Waals surface area contributed by atoms with Gasteiger partial charge in [-0.05, 0) is 47.9 Å². The first-order valence-corrected chi connectivity index (χ1v) is 9.62. The third kappa shape index (κ3) is 4.48. The molecule has 0 saturated carbocycles. The Hall–Kier alpha value is -3.54. The number of ether oxygens (including phenoxy) is 2. The minimum absolute atomic E-state index is 0.194. The van der Waals surface area contributed by atoms with Gasteiger partial charge in [0.2, 0.25) is 0 Å². The fourth-order valence-corrected chi connectivity index (χ4v) is 3.03. The van der Waals surface area contributed by atoms with E-state index in [1.54, 1.807) is 18.3 Å². The van der Waals surface area contributed by atoms with E-state index in [9.17, 15) is 4.79 Å². The Bertz CT molecular complexity index is 999. The van der Waals surface area contributed by atoms with E-state index in [1.165, 1.54) is 5.56 Å². The maximum atomic E-state index is 12.5. The summed E-state index contributed by atoms with van der Waals surface area (Å²) in [4.78, 5) is 16.8. The van der Waals surface area contributed by atoms with Crippen molar-refractivity contribution in [1.29, 1.82) is 0 Å². The Morgan fingerprint density at radius 2 is 1.66 bits per heavy atom. The van der Waals surface area contributed by atoms with Gasteiger partial charge in [-0.1, -0.05) is 26.0 Å². The van der Waals surface area contributed by atoms with Crippen molar-refractivity contribution in [3.8, 4) is 11.5 Å². The van der Waals surface area contributed by atoms with Crippen LogP contribution in [-0.4, -0.2) is 24.1 Å². The molecule has 6 nitrogen and oxygen atoms in total. The monoisotopic (exact) mass is 389 g/mol. The van der Waals surface area contributed by atoms with Gasteiger partial charge in [-0.25, -0.2) is 4.98 Å². The first-order chi connectivity index (χ1) is 14.1. The van der Waals surface area contributed by atoms with E-state index in [4.69, 9.17) is 9.47 Å². The van der Waals surface area contributed by atoms with E-state index >= 15 is 0 Å². The molecule has 0 spiro atoms. The molecule has 2 N–H and O–H groups in total. The van der Waals surface area contributed by atoms with Gasteiger partial charge in [-0.3, -0.25) is 4.79 Å². The van der Waals surface area contributed by atoms with Crippen molar-refractivity contribution in [2.45, 2.75) is 19.8 Å². The number of carbonyl (C=O) groups is 1. The van der Waals surface area contributed by atoms with Crippen molar-refractivity contribution in [1.82, 2.24) is 4.98 Å². The van der Waals surface area contributed by atoms with E-state index in [0.29, 0.717) is 36.3 Å². The quantitative estimate of drug-likeness (QED) is 0.644. The number of rotatable bonds is 5. The van der Waals surface area contributed by atoms with Crippen LogP contribution in [-0.2, 0) is 0 Å². The Morgan fingerprint density at radius 3 is 2.34 bits per heavy atom. The standard InChI is InChI=1S/C23H23N3O3/c1-15(2)16-3-6-18(7-4-16)26-23(27)17-5-10-22(24-14-17)25-19-8-9-20-21(13-19)29-12-11-28-20/h3-10,13-15H,11-12H2,1-2H3,(H,24,25)(H,26,27). The number of nitrogens with one attached hydrogen (secondary N) is 2. The van der Waals surface area contributed by atoms with Gasteiger partial charge in [0.15, 0.2) is 11.5 Å². The topological polar surface area (TPSA) is 72.5 Å². The fourth-order valence-electron chi connectivity index (χ4n) is 3.03. The van der Waals surface area contributed by atoms with Gasteiger partial charge < -0.3 is 20.1 Å². The lowest BCUT2D eigenvalue weighted by Crippen LogP contribution is -2.15. The maximum Gasteiger partial charge on any atom is 0.257 e. The zero-order valence-electron chi connectivity index (χ0n) is 16.4. The highest BCUT2D eigenvalue weighted by Gasteiger charge is 2.12. The second-order valence-electron chi connectivity index (χ2n) is 7.15. The zero-order valence-corrected chi connectivity index (χ0v) is 16.4. The smallest absolute Gasteiger partial charge is 0.257 e. The highest BCUT2D eigenvalue weighted by molar-refractivity contribution is 6.04. The third-order valence-corrected chi connectivity index (χ3v) is 4.68. The number of aromatic nitrogens is 1. The summed E-state index contributed by atoms with van der Waals surface area (Å²) < 4.78 is 11.1. The van der Waals surface area contributed by atoms with Crippen LogP contribution in [0.5, 0.6) is 11.5 Å². The van der Waals surface area contributed by atoms with Gasteiger partial charge in [0, 0.05) is 23.6 Å². The van der Waals surface area contributed by atoms with Crippen LogP contribution in [0.3, 0.4) is 0 Å². The van der Waals surface area contributed by atoms with E-state index in [1.807, 2.05) is 42.5 Å². The SMILES string of the molecule is CC(C)c1ccc(NC(=O)c2ccc(Nc3ccc4c(c3)OCCO4)nc2)cc1. The minimum atomic E-state index is -0.194. The number of hydrogen-bond acceptors (Lipinski definition) is 5. The summed E-state index contributed by atoms with van der Waals surface area (Å²) in [5, 5.41) is 6.11. The van der Waals surface area contributed by atoms with Crippen LogP contribution in [0.25, 0.3) is 0 Å². The zero-order chi connectivity index (χ0) is 20.2. The first kappa shape index (κ1) is 18.8. The van der Waals surface area contributed by atoms with E-state index in [0.717, 1.165) is 17.1 Å². The molecule has 6 heteroatoms. The van der Waals surface area contributed by atoms with Crippen LogP contribution in [0.15, 0.2) is 60.8 Å². The average molecular weight is 389 g/mol. The van der Waals surface area contributed by atoms with Gasteiger partial charge >= 0.3 is 0 Å². The van der Waals surface area contributed by atoms with Crippen LogP contribution in [0, 0.1) is 0 Å². The number of hydrogen-bond donors (Lipinski definition) is 2. The number of nitrogens with zero attached hydrogens (tertiary/aromatic N) is 1. The molecule has 2 aromatic carbocycles. The highest BCUT2D eigenvalue weighted by atomic mass is 16.6. The number of anilines is 3. The van der Waals surface area contributed by atoms with Crippen molar-refractivity contribution in [2.75, 3.05) is 23.8 Å². The maximum absolute atomic E-state index is 12.5. The molecule has 1 aromatic heterocycles. The summed E-state index contributed by atoms with van der Waals surface area (Å²) in [5.74, 6) is 2.35. The van der Waals surface area contributed by atoms with E-state index in [-0.39, 0.29) is 5.91 Å². The molecular weight excluding hydrogens is 366 g/mol. The van der Waals surface area contributed by atoms with Gasteiger partial charge in [-0.15, -0.1) is 0 Å². The number of fused-ring (bicyclic) bond motifs is 1. The van der Waals surface area contributed by atoms with Crippen molar-refractivity contribution >= 4 is 23.1 Å². The summed E-state index contributed by atoms with van der Waals surface area (Å²) in [6.07, 6.45) is 1.55. The molecule has 1 aliphatic rings. The molecule has 0 saturated heterocycles. The summed E-state index contributed by atoms with van der Waals surface area (Å²) in [6, 6.07) is 17.0. The molecule has 2 heterocycles. The third-order valence-electron chi connectivity index (χ3n) is 4.68. The molecular formula is C23H23N3O3. The van der Waals surface area contributed by atoms with Gasteiger partial charge in [-0.2, -0.15) is 0 Å². The lowest BCUT2D eigenvalue weighted by molar-refractivity contribution is 0.102. The lowest BCUT2D eigenvalue weighted by Gasteiger charge is -2.19. The molecule has 0 aliphatic carbocycles. The second-order valence-corrected chi connectivity index (χ2v) is 7.15. The highest BCUT2D eigenvalue weighted by Crippen LogP contribution is 2.33. The van der Waals surface area contributed by atoms with Crippen molar-refractivity contribution in [3.05, 3.63) is 71.9 Å². The molecule has 0 unspecified atom stereocenters. The van der Waals surface area contributed by atoms with Crippen LogP contribution in [0.4, 0.5) is 17.2 Å². The Morgan fingerprint density at radius 1 is 0.931 bits per heavy atom. The molecule has 0 bridgehead atoms. The van der Waals surface area contributed by atoms with E-state index < -0.39 is 0 Å².